The van der Waals surface area contributed by atoms with Crippen molar-refractivity contribution in [3.63, 3.8) is 0 Å². The molecule has 0 aliphatic rings. The number of benzene rings is 1. The van der Waals surface area contributed by atoms with Crippen LogP contribution in [-0.2, 0) is 6.42 Å². The van der Waals surface area contributed by atoms with Crippen molar-refractivity contribution >= 4 is 17.2 Å². The van der Waals surface area contributed by atoms with Crippen LogP contribution in [0.15, 0.2) is 36.0 Å². The number of rotatable bonds is 6. The maximum absolute atomic E-state index is 12.7. The molecule has 0 radical (unpaired) electrons. The average molecular weight is 332 g/mol. The molecule has 0 saturated carbocycles. The van der Waals surface area contributed by atoms with Gasteiger partial charge in [-0.2, -0.15) is 0 Å². The third-order valence-electron chi connectivity index (χ3n) is 3.96. The lowest BCUT2D eigenvalue weighted by atomic mass is 9.97. The summed E-state index contributed by atoms with van der Waals surface area (Å²) >= 11 is 1.55. The summed E-state index contributed by atoms with van der Waals surface area (Å²) in [4.78, 5) is 19.6. The molecule has 0 saturated heterocycles. The number of aromatic nitrogens is 1. The fraction of sp³-hybridized carbons (Fsp3) is 0.444. The number of aliphatic hydroxyl groups is 1. The zero-order valence-corrected chi connectivity index (χ0v) is 14.9. The van der Waals surface area contributed by atoms with Crippen LogP contribution in [0, 0.1) is 0 Å². The summed E-state index contributed by atoms with van der Waals surface area (Å²) < 4.78 is 0. The zero-order valence-electron chi connectivity index (χ0n) is 14.1. The summed E-state index contributed by atoms with van der Waals surface area (Å²) in [6.07, 6.45) is 3.22. The minimum Gasteiger partial charge on any atom is -0.390 e. The molecule has 23 heavy (non-hydrogen) atoms. The summed E-state index contributed by atoms with van der Waals surface area (Å²) in [7, 11) is 1.82. The van der Waals surface area contributed by atoms with E-state index in [-0.39, 0.29) is 11.9 Å². The number of nitrogens with zero attached hydrogens (tertiary/aromatic N) is 2. The summed E-state index contributed by atoms with van der Waals surface area (Å²) in [5.41, 5.74) is 2.83. The molecule has 4 nitrogen and oxygen atoms in total. The molecule has 1 N–H and O–H groups in total. The summed E-state index contributed by atoms with van der Waals surface area (Å²) in [5, 5.41) is 9.84. The van der Waals surface area contributed by atoms with Crippen LogP contribution in [0.25, 0.3) is 0 Å². The van der Waals surface area contributed by atoms with E-state index in [1.54, 1.807) is 41.8 Å². The first-order chi connectivity index (χ1) is 10.8. The molecule has 5 heteroatoms. The maximum atomic E-state index is 12.7. The second-order valence-electron chi connectivity index (χ2n) is 6.51. The van der Waals surface area contributed by atoms with Crippen LogP contribution < -0.4 is 0 Å². The Kier molecular flexibility index (Phi) is 5.55. The Bertz CT molecular complexity index is 647. The molecule has 1 atom stereocenters. The Morgan fingerprint density at radius 1 is 1.43 bits per heavy atom. The number of carbonyl (C=O) groups excluding carboxylic acids is 1. The van der Waals surface area contributed by atoms with Crippen LogP contribution in [-0.4, -0.2) is 33.5 Å². The van der Waals surface area contributed by atoms with Gasteiger partial charge in [0.25, 0.3) is 5.91 Å². The third kappa shape index (κ3) is 4.88. The van der Waals surface area contributed by atoms with Crippen molar-refractivity contribution < 1.29 is 9.90 Å². The molecule has 1 aromatic carbocycles. The van der Waals surface area contributed by atoms with E-state index < -0.39 is 5.60 Å². The van der Waals surface area contributed by atoms with E-state index in [1.165, 1.54) is 0 Å². The SMILES string of the molecule is C[C@H](c1cncs1)N(C)C(=O)c1cccc(CCC(C)(C)O)c1. The largest absolute Gasteiger partial charge is 0.390 e. The molecule has 1 amide bonds. The van der Waals surface area contributed by atoms with Crippen LogP contribution in [0.4, 0.5) is 0 Å². The van der Waals surface area contributed by atoms with Gasteiger partial charge in [-0.25, -0.2) is 0 Å². The Morgan fingerprint density at radius 2 is 2.17 bits per heavy atom. The smallest absolute Gasteiger partial charge is 0.254 e. The standard InChI is InChI=1S/C18H24N2O2S/c1-13(16-11-19-12-23-16)20(4)17(21)15-7-5-6-14(10-15)8-9-18(2,3)22/h5-7,10-13,22H,8-9H2,1-4H3/t13-/m1/s1. The number of thiazole rings is 1. The highest BCUT2D eigenvalue weighted by atomic mass is 32.1. The Morgan fingerprint density at radius 3 is 2.78 bits per heavy atom. The molecule has 0 aliphatic heterocycles. The van der Waals surface area contributed by atoms with E-state index in [9.17, 15) is 9.90 Å². The number of amides is 1. The fourth-order valence-electron chi connectivity index (χ4n) is 2.31. The number of hydrogen-bond acceptors (Lipinski definition) is 4. The highest BCUT2D eigenvalue weighted by Gasteiger charge is 2.20. The van der Waals surface area contributed by atoms with Crippen molar-refractivity contribution in [2.24, 2.45) is 0 Å². The summed E-state index contributed by atoms with van der Waals surface area (Å²) in [5.74, 6) is -0.00370. The van der Waals surface area contributed by atoms with Crippen molar-refractivity contribution in [2.45, 2.75) is 45.3 Å². The fourth-order valence-corrected chi connectivity index (χ4v) is 3.03. The molecule has 0 spiro atoms. The van der Waals surface area contributed by atoms with Crippen LogP contribution >= 0.6 is 11.3 Å². The Balaban J connectivity index is 2.10. The molecule has 124 valence electrons. The van der Waals surface area contributed by atoms with Gasteiger partial charge in [0, 0.05) is 23.7 Å². The topological polar surface area (TPSA) is 53.4 Å². The van der Waals surface area contributed by atoms with Gasteiger partial charge in [0.1, 0.15) is 0 Å². The van der Waals surface area contributed by atoms with Crippen LogP contribution in [0.5, 0.6) is 0 Å². The van der Waals surface area contributed by atoms with Crippen molar-refractivity contribution in [2.75, 3.05) is 7.05 Å². The number of aryl methyl sites for hydroxylation is 1. The van der Waals surface area contributed by atoms with Gasteiger partial charge in [0.05, 0.1) is 17.2 Å². The van der Waals surface area contributed by atoms with E-state index in [0.717, 1.165) is 16.9 Å². The highest BCUT2D eigenvalue weighted by molar-refractivity contribution is 7.09. The lowest BCUT2D eigenvalue weighted by Crippen LogP contribution is -2.29. The quantitative estimate of drug-likeness (QED) is 0.878. The van der Waals surface area contributed by atoms with Gasteiger partial charge in [-0.1, -0.05) is 12.1 Å². The van der Waals surface area contributed by atoms with Crippen LogP contribution in [0.2, 0.25) is 0 Å². The molecule has 0 bridgehead atoms. The van der Waals surface area contributed by atoms with E-state index >= 15 is 0 Å². The first-order valence-electron chi connectivity index (χ1n) is 7.75. The highest BCUT2D eigenvalue weighted by Crippen LogP contribution is 2.24. The van der Waals surface area contributed by atoms with Gasteiger partial charge in [0.15, 0.2) is 0 Å². The molecule has 1 heterocycles. The zero-order chi connectivity index (χ0) is 17.0. The van der Waals surface area contributed by atoms with E-state index in [2.05, 4.69) is 4.98 Å². The predicted molar refractivity (Wildman–Crippen MR) is 93.7 cm³/mol. The van der Waals surface area contributed by atoms with Gasteiger partial charge in [0.2, 0.25) is 0 Å². The average Bonchev–Trinajstić information content (AvgIpc) is 3.05. The van der Waals surface area contributed by atoms with Gasteiger partial charge in [-0.3, -0.25) is 9.78 Å². The Hall–Kier alpha value is -1.72. The Labute approximate surface area is 141 Å². The van der Waals surface area contributed by atoms with Gasteiger partial charge in [-0.15, -0.1) is 11.3 Å². The molecule has 0 unspecified atom stereocenters. The van der Waals surface area contributed by atoms with Crippen molar-refractivity contribution in [1.82, 2.24) is 9.88 Å². The maximum Gasteiger partial charge on any atom is 0.254 e. The minimum atomic E-state index is -0.697. The lowest BCUT2D eigenvalue weighted by Gasteiger charge is -2.24. The van der Waals surface area contributed by atoms with E-state index in [1.807, 2.05) is 38.2 Å². The lowest BCUT2D eigenvalue weighted by molar-refractivity contribution is 0.0714. The van der Waals surface area contributed by atoms with E-state index in [4.69, 9.17) is 0 Å². The van der Waals surface area contributed by atoms with Crippen LogP contribution in [0.3, 0.4) is 0 Å². The minimum absolute atomic E-state index is 0.00370. The molecular formula is C18H24N2O2S. The van der Waals surface area contributed by atoms with Gasteiger partial charge < -0.3 is 10.0 Å². The first-order valence-corrected chi connectivity index (χ1v) is 8.63. The number of carbonyl (C=O) groups is 1. The molecule has 2 rings (SSSR count). The second kappa shape index (κ2) is 7.23. The second-order valence-corrected chi connectivity index (χ2v) is 7.43. The van der Waals surface area contributed by atoms with Crippen molar-refractivity contribution in [3.8, 4) is 0 Å². The molecule has 0 fully saturated rings. The number of hydrogen-bond donors (Lipinski definition) is 1. The van der Waals surface area contributed by atoms with Gasteiger partial charge in [-0.05, 0) is 51.3 Å². The monoisotopic (exact) mass is 332 g/mol. The van der Waals surface area contributed by atoms with Crippen LogP contribution in [0.1, 0.15) is 54.0 Å². The normalized spacial score (nSPS) is 12.9. The molecule has 1 aromatic heterocycles. The first kappa shape index (κ1) is 17.6. The molecular weight excluding hydrogens is 308 g/mol. The molecule has 0 aliphatic carbocycles. The molecule has 2 aromatic rings. The predicted octanol–water partition coefficient (Wildman–Crippen LogP) is 3.68. The van der Waals surface area contributed by atoms with Crippen molar-refractivity contribution in [1.29, 1.82) is 0 Å². The van der Waals surface area contributed by atoms with Gasteiger partial charge >= 0.3 is 0 Å². The van der Waals surface area contributed by atoms with E-state index in [0.29, 0.717) is 12.0 Å². The summed E-state index contributed by atoms with van der Waals surface area (Å²) in [6, 6.07) is 7.65. The summed E-state index contributed by atoms with van der Waals surface area (Å²) in [6.45, 7) is 5.60. The third-order valence-corrected chi connectivity index (χ3v) is 4.91. The van der Waals surface area contributed by atoms with Crippen molar-refractivity contribution in [3.05, 3.63) is 52.0 Å².